The number of alkyl halides is 3. The molecule has 45 heavy (non-hydrogen) atoms. The van der Waals surface area contributed by atoms with Crippen LogP contribution >= 0.6 is 0 Å². The lowest BCUT2D eigenvalue weighted by molar-refractivity contribution is -0.137. The zero-order chi connectivity index (χ0) is 31.1. The van der Waals surface area contributed by atoms with Crippen LogP contribution in [0.2, 0.25) is 0 Å². The lowest BCUT2D eigenvalue weighted by Gasteiger charge is -2.37. The average molecular weight is 607 g/mol. The number of nitrogens with one attached hydrogen (secondary N) is 1. The van der Waals surface area contributed by atoms with Crippen LogP contribution in [0.25, 0.3) is 22.2 Å². The van der Waals surface area contributed by atoms with Crippen LogP contribution in [-0.2, 0) is 17.4 Å². The van der Waals surface area contributed by atoms with E-state index in [1.54, 1.807) is 30.2 Å². The lowest BCUT2D eigenvalue weighted by atomic mass is 9.87. The quantitative estimate of drug-likeness (QED) is 0.206. The van der Waals surface area contributed by atoms with Gasteiger partial charge >= 0.3 is 6.18 Å². The predicted octanol–water partition coefficient (Wildman–Crippen LogP) is 8.76. The van der Waals surface area contributed by atoms with Gasteiger partial charge in [-0.1, -0.05) is 78.9 Å². The second-order valence-corrected chi connectivity index (χ2v) is 11.1. The van der Waals surface area contributed by atoms with Crippen molar-refractivity contribution in [3.63, 3.8) is 0 Å². The lowest BCUT2D eigenvalue weighted by Crippen LogP contribution is -2.43. The standard InChI is InChI=1S/C37H29F3N2O3/c1-44-25-16-17-30-28(22-25)26-20-21-42(36(43)33(23-10-4-2-5-11-23)24-12-6-3-7-13-24)35(34(26)41-30)32-19-18-31(45-32)27-14-8-9-15-29(27)37(38,39)40/h2-19,22,33,35,41H,20-21H2,1H3. The molecule has 2 aromatic heterocycles. The first-order chi connectivity index (χ1) is 21.8. The molecule has 5 nitrogen and oxygen atoms in total. The van der Waals surface area contributed by atoms with E-state index in [9.17, 15) is 18.0 Å². The molecule has 0 fully saturated rings. The molecule has 1 atom stereocenters. The highest BCUT2D eigenvalue weighted by molar-refractivity contribution is 5.90. The van der Waals surface area contributed by atoms with Crippen molar-refractivity contribution in [2.24, 2.45) is 0 Å². The normalized spacial score (nSPS) is 15.0. The fourth-order valence-corrected chi connectivity index (χ4v) is 6.45. The molecule has 0 saturated heterocycles. The molecular weight excluding hydrogens is 577 g/mol. The maximum Gasteiger partial charge on any atom is 0.417 e. The third kappa shape index (κ3) is 5.16. The highest BCUT2D eigenvalue weighted by Gasteiger charge is 2.40. The van der Waals surface area contributed by atoms with Gasteiger partial charge in [-0.15, -0.1) is 0 Å². The molecule has 0 spiro atoms. The summed E-state index contributed by atoms with van der Waals surface area (Å²) in [6.45, 7) is 0.381. The van der Waals surface area contributed by atoms with Crippen molar-refractivity contribution in [1.29, 1.82) is 0 Å². The maximum absolute atomic E-state index is 14.8. The Kier molecular flexibility index (Phi) is 7.20. The molecule has 1 unspecified atom stereocenters. The van der Waals surface area contributed by atoms with E-state index in [1.807, 2.05) is 78.9 Å². The summed E-state index contributed by atoms with van der Waals surface area (Å²) in [5, 5.41) is 0.971. The van der Waals surface area contributed by atoms with Gasteiger partial charge in [0, 0.05) is 23.0 Å². The summed E-state index contributed by atoms with van der Waals surface area (Å²) in [7, 11) is 1.61. The van der Waals surface area contributed by atoms with Gasteiger partial charge in [-0.3, -0.25) is 4.79 Å². The second-order valence-electron chi connectivity index (χ2n) is 11.1. The van der Waals surface area contributed by atoms with Crippen LogP contribution in [0.1, 0.15) is 45.7 Å². The maximum atomic E-state index is 14.8. The van der Waals surface area contributed by atoms with Crippen LogP contribution in [0.3, 0.4) is 0 Å². The largest absolute Gasteiger partial charge is 0.497 e. The Morgan fingerprint density at radius 2 is 1.56 bits per heavy atom. The Hall–Kier alpha value is -5.24. The molecule has 1 aliphatic heterocycles. The summed E-state index contributed by atoms with van der Waals surface area (Å²) in [5.41, 5.74) is 3.51. The van der Waals surface area contributed by atoms with E-state index in [0.717, 1.165) is 39.4 Å². The third-order valence-electron chi connectivity index (χ3n) is 8.52. The van der Waals surface area contributed by atoms with Gasteiger partial charge in [-0.2, -0.15) is 13.2 Å². The number of ether oxygens (including phenoxy) is 1. The number of nitrogens with zero attached hydrogens (tertiary/aromatic N) is 1. The summed E-state index contributed by atoms with van der Waals surface area (Å²) in [5.74, 6) is 0.429. The number of benzene rings is 4. The van der Waals surface area contributed by atoms with Gasteiger partial charge in [-0.25, -0.2) is 0 Å². The SMILES string of the molecule is COc1ccc2[nH]c3c(c2c1)CCN(C(=O)C(c1ccccc1)c1ccccc1)C3c1ccc(-c2ccccc2C(F)(F)F)o1. The van der Waals surface area contributed by atoms with Crippen LogP contribution in [0.15, 0.2) is 120 Å². The van der Waals surface area contributed by atoms with Gasteiger partial charge in [0.25, 0.3) is 0 Å². The summed E-state index contributed by atoms with van der Waals surface area (Å²) < 4.78 is 53.6. The topological polar surface area (TPSA) is 58.5 Å². The Morgan fingerprint density at radius 3 is 2.22 bits per heavy atom. The first-order valence-corrected chi connectivity index (χ1v) is 14.7. The van der Waals surface area contributed by atoms with Crippen molar-refractivity contribution in [2.75, 3.05) is 13.7 Å². The van der Waals surface area contributed by atoms with Crippen molar-refractivity contribution in [2.45, 2.75) is 24.6 Å². The Bertz CT molecular complexity index is 1940. The zero-order valence-corrected chi connectivity index (χ0v) is 24.3. The van der Waals surface area contributed by atoms with Crippen molar-refractivity contribution in [3.05, 3.63) is 149 Å². The van der Waals surface area contributed by atoms with Gasteiger partial charge in [0.05, 0.1) is 24.3 Å². The Balaban J connectivity index is 1.39. The zero-order valence-electron chi connectivity index (χ0n) is 24.3. The molecule has 3 heterocycles. The minimum absolute atomic E-state index is 0.0574. The van der Waals surface area contributed by atoms with Gasteiger partial charge in [0.2, 0.25) is 5.91 Å². The van der Waals surface area contributed by atoms with Crippen molar-refractivity contribution in [1.82, 2.24) is 9.88 Å². The van der Waals surface area contributed by atoms with E-state index < -0.39 is 23.7 Å². The molecule has 4 aromatic carbocycles. The number of halogens is 3. The van der Waals surface area contributed by atoms with Crippen molar-refractivity contribution < 1.29 is 27.1 Å². The van der Waals surface area contributed by atoms with Crippen LogP contribution in [-0.4, -0.2) is 29.4 Å². The Labute approximate surface area is 257 Å². The molecule has 7 rings (SSSR count). The molecule has 1 N–H and O–H groups in total. The van der Waals surface area contributed by atoms with E-state index in [1.165, 1.54) is 12.1 Å². The minimum atomic E-state index is -4.56. The summed E-state index contributed by atoms with van der Waals surface area (Å²) >= 11 is 0. The molecule has 0 aliphatic carbocycles. The number of rotatable bonds is 6. The van der Waals surface area contributed by atoms with Crippen LogP contribution in [0.4, 0.5) is 13.2 Å². The molecule has 0 radical (unpaired) electrons. The highest BCUT2D eigenvalue weighted by atomic mass is 19.4. The van der Waals surface area contributed by atoms with Gasteiger partial charge < -0.3 is 19.0 Å². The number of hydrogen-bond acceptors (Lipinski definition) is 3. The number of carbonyl (C=O) groups is 1. The Morgan fingerprint density at radius 1 is 0.889 bits per heavy atom. The predicted molar refractivity (Wildman–Crippen MR) is 166 cm³/mol. The number of fused-ring (bicyclic) bond motifs is 3. The second kappa shape index (κ2) is 11.4. The fourth-order valence-electron chi connectivity index (χ4n) is 6.45. The molecule has 0 bridgehead atoms. The smallest absolute Gasteiger partial charge is 0.417 e. The van der Waals surface area contributed by atoms with Gasteiger partial charge in [0.1, 0.15) is 23.3 Å². The minimum Gasteiger partial charge on any atom is -0.497 e. The number of hydrogen-bond donors (Lipinski definition) is 1. The molecule has 1 aliphatic rings. The number of carbonyl (C=O) groups excluding carboxylic acids is 1. The first kappa shape index (κ1) is 28.5. The molecule has 0 saturated carbocycles. The number of aromatic nitrogens is 1. The molecular formula is C37H29F3N2O3. The first-order valence-electron chi connectivity index (χ1n) is 14.7. The van der Waals surface area contributed by atoms with Crippen LogP contribution in [0, 0.1) is 0 Å². The van der Waals surface area contributed by atoms with Gasteiger partial charge in [0.15, 0.2) is 0 Å². The number of aromatic amines is 1. The van der Waals surface area contributed by atoms with E-state index in [2.05, 4.69) is 4.98 Å². The molecule has 6 aromatic rings. The number of furan rings is 1. The van der Waals surface area contributed by atoms with Crippen molar-refractivity contribution in [3.8, 4) is 17.1 Å². The third-order valence-corrected chi connectivity index (χ3v) is 8.52. The molecule has 8 heteroatoms. The molecule has 226 valence electrons. The van der Waals surface area contributed by atoms with Gasteiger partial charge in [-0.05, 0) is 59.5 Å². The number of H-pyrrole nitrogens is 1. The van der Waals surface area contributed by atoms with Crippen LogP contribution < -0.4 is 4.74 Å². The highest BCUT2D eigenvalue weighted by Crippen LogP contribution is 2.44. The monoisotopic (exact) mass is 606 g/mol. The fraction of sp³-hybridized carbons (Fsp3) is 0.162. The number of amides is 1. The molecule has 1 amide bonds. The summed E-state index contributed by atoms with van der Waals surface area (Å²) in [6, 6.07) is 32.8. The van der Waals surface area contributed by atoms with E-state index in [0.29, 0.717) is 24.5 Å². The number of methoxy groups -OCH3 is 1. The van der Waals surface area contributed by atoms with E-state index in [-0.39, 0.29) is 17.2 Å². The van der Waals surface area contributed by atoms with E-state index >= 15 is 0 Å². The summed E-state index contributed by atoms with van der Waals surface area (Å²) in [4.78, 5) is 20.1. The summed E-state index contributed by atoms with van der Waals surface area (Å²) in [6.07, 6.45) is -3.98. The van der Waals surface area contributed by atoms with Crippen LogP contribution in [0.5, 0.6) is 5.75 Å². The van der Waals surface area contributed by atoms with Crippen molar-refractivity contribution >= 4 is 16.8 Å². The average Bonchev–Trinajstić information content (AvgIpc) is 3.70. The van der Waals surface area contributed by atoms with E-state index in [4.69, 9.17) is 9.15 Å².